The Hall–Kier alpha value is -1.81. The maximum atomic E-state index is 11.0. The molecule has 2 heterocycles. The lowest BCUT2D eigenvalue weighted by Crippen LogP contribution is -2.21. The van der Waals surface area contributed by atoms with E-state index in [-0.39, 0.29) is 0 Å². The number of aryl methyl sites for hydroxylation is 1. The van der Waals surface area contributed by atoms with Crippen LogP contribution in [0.2, 0.25) is 0 Å². The molecule has 0 radical (unpaired) electrons. The standard InChI is InChI=1S/C15H15NO2S/c17-15(18)14-8-13(10-19-14)16-7-3-6-11-4-1-2-5-12(11)9-16/h1-2,4-5,8,10H,3,6-7,9H2,(H,17,18). The monoisotopic (exact) mass is 273 g/mol. The molecule has 1 aromatic heterocycles. The largest absolute Gasteiger partial charge is 0.477 e. The minimum Gasteiger partial charge on any atom is -0.477 e. The molecule has 1 aliphatic rings. The predicted octanol–water partition coefficient (Wildman–Crippen LogP) is 3.40. The first-order valence-corrected chi connectivity index (χ1v) is 7.25. The molecule has 0 saturated heterocycles. The van der Waals surface area contributed by atoms with Crippen molar-refractivity contribution in [2.24, 2.45) is 0 Å². The highest BCUT2D eigenvalue weighted by Gasteiger charge is 2.16. The van der Waals surface area contributed by atoms with E-state index in [9.17, 15) is 4.79 Å². The van der Waals surface area contributed by atoms with Gasteiger partial charge >= 0.3 is 5.97 Å². The molecule has 3 nitrogen and oxygen atoms in total. The maximum absolute atomic E-state index is 11.0. The van der Waals surface area contributed by atoms with Gasteiger partial charge in [0, 0.05) is 24.2 Å². The van der Waals surface area contributed by atoms with Crippen LogP contribution in [-0.2, 0) is 13.0 Å². The molecule has 19 heavy (non-hydrogen) atoms. The van der Waals surface area contributed by atoms with Gasteiger partial charge in [-0.3, -0.25) is 0 Å². The molecular weight excluding hydrogens is 258 g/mol. The summed E-state index contributed by atoms with van der Waals surface area (Å²) in [6.45, 7) is 1.84. The minimum absolute atomic E-state index is 0.410. The number of hydrogen-bond acceptors (Lipinski definition) is 3. The summed E-state index contributed by atoms with van der Waals surface area (Å²) in [4.78, 5) is 13.6. The van der Waals surface area contributed by atoms with Crippen LogP contribution >= 0.6 is 11.3 Å². The van der Waals surface area contributed by atoms with E-state index >= 15 is 0 Å². The first kappa shape index (κ1) is 12.2. The zero-order valence-electron chi connectivity index (χ0n) is 10.5. The Morgan fingerprint density at radius 1 is 1.26 bits per heavy atom. The topological polar surface area (TPSA) is 40.5 Å². The van der Waals surface area contributed by atoms with Gasteiger partial charge < -0.3 is 10.0 Å². The van der Waals surface area contributed by atoms with Gasteiger partial charge in [0.05, 0.1) is 0 Å². The van der Waals surface area contributed by atoms with Gasteiger partial charge in [0.25, 0.3) is 0 Å². The Balaban J connectivity index is 1.87. The molecule has 3 rings (SSSR count). The van der Waals surface area contributed by atoms with Crippen LogP contribution in [0.5, 0.6) is 0 Å². The molecular formula is C15H15NO2S. The fourth-order valence-corrected chi connectivity index (χ4v) is 3.28. The van der Waals surface area contributed by atoms with Gasteiger partial charge in [-0.2, -0.15) is 0 Å². The smallest absolute Gasteiger partial charge is 0.345 e. The fraction of sp³-hybridized carbons (Fsp3) is 0.267. The molecule has 98 valence electrons. The van der Waals surface area contributed by atoms with Crippen molar-refractivity contribution in [3.8, 4) is 0 Å². The minimum atomic E-state index is -0.841. The van der Waals surface area contributed by atoms with E-state index in [0.717, 1.165) is 31.6 Å². The summed E-state index contributed by atoms with van der Waals surface area (Å²) in [5.41, 5.74) is 3.79. The second-order valence-electron chi connectivity index (χ2n) is 4.77. The number of aromatic carboxylic acids is 1. The Morgan fingerprint density at radius 2 is 2.05 bits per heavy atom. The van der Waals surface area contributed by atoms with Crippen LogP contribution in [0.15, 0.2) is 35.7 Å². The van der Waals surface area contributed by atoms with Crippen LogP contribution in [0, 0.1) is 0 Å². The third-order valence-corrected chi connectivity index (χ3v) is 4.42. The van der Waals surface area contributed by atoms with Gasteiger partial charge in [0.15, 0.2) is 0 Å². The number of rotatable bonds is 2. The summed E-state index contributed by atoms with van der Waals surface area (Å²) in [6, 6.07) is 10.3. The molecule has 0 unspecified atom stereocenters. The maximum Gasteiger partial charge on any atom is 0.345 e. The van der Waals surface area contributed by atoms with Crippen LogP contribution in [0.4, 0.5) is 5.69 Å². The van der Waals surface area contributed by atoms with Gasteiger partial charge in [0.1, 0.15) is 4.88 Å². The number of carboxylic acid groups (broad SMARTS) is 1. The molecule has 0 amide bonds. The fourth-order valence-electron chi connectivity index (χ4n) is 2.53. The average Bonchev–Trinajstić information content (AvgIpc) is 2.80. The Kier molecular flexibility index (Phi) is 3.25. The van der Waals surface area contributed by atoms with E-state index < -0.39 is 5.97 Å². The average molecular weight is 273 g/mol. The normalized spacial score (nSPS) is 14.8. The molecule has 2 aromatic rings. The van der Waals surface area contributed by atoms with Gasteiger partial charge in [-0.05, 0) is 30.0 Å². The summed E-state index contributed by atoms with van der Waals surface area (Å²) in [7, 11) is 0. The number of carboxylic acids is 1. The van der Waals surface area contributed by atoms with E-state index in [4.69, 9.17) is 5.11 Å². The van der Waals surface area contributed by atoms with Crippen molar-refractivity contribution in [3.63, 3.8) is 0 Å². The van der Waals surface area contributed by atoms with E-state index in [0.29, 0.717) is 4.88 Å². The van der Waals surface area contributed by atoms with Crippen molar-refractivity contribution in [3.05, 3.63) is 51.7 Å². The second kappa shape index (κ2) is 5.05. The van der Waals surface area contributed by atoms with Crippen molar-refractivity contribution < 1.29 is 9.90 Å². The van der Waals surface area contributed by atoms with Crippen LogP contribution in [0.25, 0.3) is 0 Å². The summed E-state index contributed by atoms with van der Waals surface area (Å²) in [5.74, 6) is -0.841. The molecule has 4 heteroatoms. The zero-order valence-corrected chi connectivity index (χ0v) is 11.3. The molecule has 0 aliphatic carbocycles. The molecule has 1 aliphatic heterocycles. The molecule has 0 fully saturated rings. The van der Waals surface area contributed by atoms with Gasteiger partial charge in [-0.25, -0.2) is 4.79 Å². The SMILES string of the molecule is O=C(O)c1cc(N2CCCc3ccccc3C2)cs1. The number of thiophene rings is 1. The molecule has 1 N–H and O–H groups in total. The number of fused-ring (bicyclic) bond motifs is 1. The van der Waals surface area contributed by atoms with E-state index in [2.05, 4.69) is 29.2 Å². The van der Waals surface area contributed by atoms with Crippen molar-refractivity contribution >= 4 is 23.0 Å². The highest BCUT2D eigenvalue weighted by Crippen LogP contribution is 2.28. The molecule has 0 saturated carbocycles. The number of nitrogens with zero attached hydrogens (tertiary/aromatic N) is 1. The molecule has 0 bridgehead atoms. The summed E-state index contributed by atoms with van der Waals surface area (Å²) in [6.07, 6.45) is 2.21. The van der Waals surface area contributed by atoms with Gasteiger partial charge in [0.2, 0.25) is 0 Å². The lowest BCUT2D eigenvalue weighted by molar-refractivity contribution is 0.0702. The molecule has 0 spiro atoms. The Morgan fingerprint density at radius 3 is 2.79 bits per heavy atom. The van der Waals surface area contributed by atoms with Crippen LogP contribution < -0.4 is 4.90 Å². The zero-order chi connectivity index (χ0) is 13.2. The van der Waals surface area contributed by atoms with E-state index in [1.165, 1.54) is 22.5 Å². The van der Waals surface area contributed by atoms with Crippen LogP contribution in [0.3, 0.4) is 0 Å². The lowest BCUT2D eigenvalue weighted by atomic mass is 10.0. The third-order valence-electron chi connectivity index (χ3n) is 3.52. The summed E-state index contributed by atoms with van der Waals surface area (Å²) >= 11 is 1.30. The number of benzene rings is 1. The lowest BCUT2D eigenvalue weighted by Gasteiger charge is -2.21. The second-order valence-corrected chi connectivity index (χ2v) is 5.68. The Bertz CT molecular complexity index is 606. The third kappa shape index (κ3) is 2.49. The van der Waals surface area contributed by atoms with Gasteiger partial charge in [-0.15, -0.1) is 11.3 Å². The number of anilines is 1. The highest BCUT2D eigenvalue weighted by atomic mass is 32.1. The predicted molar refractivity (Wildman–Crippen MR) is 77.1 cm³/mol. The number of carbonyl (C=O) groups is 1. The Labute approximate surface area is 116 Å². The molecule has 1 aromatic carbocycles. The van der Waals surface area contributed by atoms with Crippen molar-refractivity contribution in [2.75, 3.05) is 11.4 Å². The van der Waals surface area contributed by atoms with Crippen LogP contribution in [-0.4, -0.2) is 17.6 Å². The van der Waals surface area contributed by atoms with E-state index in [1.54, 1.807) is 6.07 Å². The number of hydrogen-bond donors (Lipinski definition) is 1. The first-order chi connectivity index (χ1) is 9.24. The first-order valence-electron chi connectivity index (χ1n) is 6.37. The molecule has 0 atom stereocenters. The van der Waals surface area contributed by atoms with Crippen LogP contribution in [0.1, 0.15) is 27.2 Å². The quantitative estimate of drug-likeness (QED) is 0.911. The summed E-state index contributed by atoms with van der Waals surface area (Å²) < 4.78 is 0. The summed E-state index contributed by atoms with van der Waals surface area (Å²) in [5, 5.41) is 10.9. The van der Waals surface area contributed by atoms with Crippen molar-refractivity contribution in [1.29, 1.82) is 0 Å². The van der Waals surface area contributed by atoms with E-state index in [1.807, 2.05) is 5.38 Å². The van der Waals surface area contributed by atoms with Crippen molar-refractivity contribution in [1.82, 2.24) is 0 Å². The highest BCUT2D eigenvalue weighted by molar-refractivity contribution is 7.12. The van der Waals surface area contributed by atoms with Crippen molar-refractivity contribution in [2.45, 2.75) is 19.4 Å². The van der Waals surface area contributed by atoms with Gasteiger partial charge in [-0.1, -0.05) is 24.3 Å².